The first-order chi connectivity index (χ1) is 10.5. The van der Waals surface area contributed by atoms with Crippen LogP contribution in [0.5, 0.6) is 0 Å². The number of carboxylic acids is 1. The van der Waals surface area contributed by atoms with Crippen LogP contribution >= 0.6 is 23.1 Å². The zero-order valence-corrected chi connectivity index (χ0v) is 12.8. The highest BCUT2D eigenvalue weighted by atomic mass is 32.2. The van der Waals surface area contributed by atoms with E-state index in [-0.39, 0.29) is 29.2 Å². The van der Waals surface area contributed by atoms with Gasteiger partial charge in [0.05, 0.1) is 17.7 Å². The molecule has 8 nitrogen and oxygen atoms in total. The van der Waals surface area contributed by atoms with Crippen molar-refractivity contribution in [1.82, 2.24) is 15.2 Å². The predicted octanol–water partition coefficient (Wildman–Crippen LogP) is -0.364. The van der Waals surface area contributed by atoms with Crippen molar-refractivity contribution in [2.24, 2.45) is 0 Å². The number of amides is 2. The maximum atomic E-state index is 12.0. The van der Waals surface area contributed by atoms with Crippen molar-refractivity contribution in [1.29, 1.82) is 0 Å². The van der Waals surface area contributed by atoms with Gasteiger partial charge in [0.25, 0.3) is 5.91 Å². The Kier molecular flexibility index (Phi) is 3.79. The summed E-state index contributed by atoms with van der Waals surface area (Å²) in [6, 6.07) is -0.625. The highest BCUT2D eigenvalue weighted by molar-refractivity contribution is 8.00. The maximum absolute atomic E-state index is 12.0. The third-order valence-electron chi connectivity index (χ3n) is 3.29. The van der Waals surface area contributed by atoms with Crippen molar-refractivity contribution >= 4 is 46.0 Å². The average Bonchev–Trinajstić information content (AvgIpc) is 2.88. The van der Waals surface area contributed by atoms with Gasteiger partial charge in [-0.15, -0.1) is 23.1 Å². The lowest BCUT2D eigenvalue weighted by atomic mass is 10.1. The molecule has 0 spiro atoms. The Balaban J connectivity index is 1.60. The van der Waals surface area contributed by atoms with Crippen LogP contribution in [0.15, 0.2) is 17.2 Å². The van der Waals surface area contributed by atoms with E-state index in [0.717, 1.165) is 0 Å². The minimum absolute atomic E-state index is 0.0606. The van der Waals surface area contributed by atoms with E-state index in [1.807, 2.05) is 0 Å². The molecule has 2 atom stereocenters. The zero-order chi connectivity index (χ0) is 15.9. The molecule has 1 aromatic rings. The summed E-state index contributed by atoms with van der Waals surface area (Å²) in [7, 11) is 0. The maximum Gasteiger partial charge on any atom is 0.333 e. The summed E-state index contributed by atoms with van der Waals surface area (Å²) in [5.41, 5.74) is 6.24. The van der Waals surface area contributed by atoms with Crippen molar-refractivity contribution in [3.63, 3.8) is 0 Å². The van der Waals surface area contributed by atoms with Gasteiger partial charge in [-0.2, -0.15) is 0 Å². The quantitative estimate of drug-likeness (QED) is 0.639. The molecule has 0 aromatic carbocycles. The van der Waals surface area contributed by atoms with Crippen LogP contribution in [-0.4, -0.2) is 49.9 Å². The normalized spacial score (nSPS) is 23.4. The number of β-lactam (4-membered cyclic amide) rings is 1. The molecule has 2 amide bonds. The molecule has 22 heavy (non-hydrogen) atoms. The van der Waals surface area contributed by atoms with Crippen LogP contribution in [0.2, 0.25) is 0 Å². The minimum Gasteiger partial charge on any atom is -0.478 e. The van der Waals surface area contributed by atoms with Gasteiger partial charge in [-0.05, 0) is 0 Å². The smallest absolute Gasteiger partial charge is 0.333 e. The SMILES string of the molecule is Nc1nc(CC(=O)NC2C(=O)N3C=C(C(=O)O)CS[C@H]23)cs1. The number of anilines is 1. The number of carbonyl (C=O) groups excluding carboxylic acids is 2. The monoisotopic (exact) mass is 340 g/mol. The summed E-state index contributed by atoms with van der Waals surface area (Å²) in [5, 5.41) is 13.4. The number of nitrogen functional groups attached to an aromatic ring is 1. The molecular weight excluding hydrogens is 328 g/mol. The zero-order valence-electron chi connectivity index (χ0n) is 11.2. The molecule has 4 N–H and O–H groups in total. The summed E-state index contributed by atoms with van der Waals surface area (Å²) in [6.07, 6.45) is 1.40. The molecule has 10 heteroatoms. The lowest BCUT2D eigenvalue weighted by Gasteiger charge is -2.47. The van der Waals surface area contributed by atoms with E-state index in [1.54, 1.807) is 5.38 Å². The number of carbonyl (C=O) groups is 3. The Morgan fingerprint density at radius 1 is 1.55 bits per heavy atom. The van der Waals surface area contributed by atoms with Gasteiger partial charge in [0.1, 0.15) is 11.4 Å². The molecule has 1 saturated heterocycles. The molecule has 3 rings (SSSR count). The van der Waals surface area contributed by atoms with Crippen LogP contribution in [0.25, 0.3) is 0 Å². The molecule has 2 aliphatic rings. The molecule has 1 fully saturated rings. The summed E-state index contributed by atoms with van der Waals surface area (Å²) >= 11 is 2.57. The summed E-state index contributed by atoms with van der Waals surface area (Å²) < 4.78 is 0. The summed E-state index contributed by atoms with van der Waals surface area (Å²) in [4.78, 5) is 40.2. The van der Waals surface area contributed by atoms with Crippen molar-refractivity contribution < 1.29 is 19.5 Å². The number of thioether (sulfide) groups is 1. The number of carboxylic acid groups (broad SMARTS) is 1. The minimum atomic E-state index is -1.03. The van der Waals surface area contributed by atoms with Gasteiger partial charge in [-0.1, -0.05) is 0 Å². The molecular formula is C12H12N4O4S2. The van der Waals surface area contributed by atoms with E-state index >= 15 is 0 Å². The molecule has 3 heterocycles. The molecule has 0 radical (unpaired) electrons. The van der Waals surface area contributed by atoms with Crippen LogP contribution in [-0.2, 0) is 20.8 Å². The number of nitrogens with two attached hydrogens (primary N) is 1. The van der Waals surface area contributed by atoms with Gasteiger partial charge < -0.3 is 21.1 Å². The molecule has 116 valence electrons. The van der Waals surface area contributed by atoms with Crippen molar-refractivity contribution in [3.05, 3.63) is 22.8 Å². The van der Waals surface area contributed by atoms with Gasteiger partial charge in [0, 0.05) is 17.3 Å². The van der Waals surface area contributed by atoms with E-state index in [1.165, 1.54) is 34.2 Å². The third-order valence-corrected chi connectivity index (χ3v) is 5.33. The fourth-order valence-electron chi connectivity index (χ4n) is 2.22. The number of rotatable bonds is 4. The Morgan fingerprint density at radius 3 is 2.95 bits per heavy atom. The number of aliphatic carboxylic acids is 1. The first-order valence-corrected chi connectivity index (χ1v) is 8.25. The highest BCUT2D eigenvalue weighted by Crippen LogP contribution is 2.36. The van der Waals surface area contributed by atoms with E-state index in [2.05, 4.69) is 10.3 Å². The van der Waals surface area contributed by atoms with Crippen LogP contribution in [0.1, 0.15) is 5.69 Å². The van der Waals surface area contributed by atoms with Gasteiger partial charge in [0.2, 0.25) is 5.91 Å². The summed E-state index contributed by atoms with van der Waals surface area (Å²) in [5.74, 6) is -1.34. The standard InChI is InChI=1S/C12H12N4O4S2/c13-12-14-6(4-22-12)1-7(17)15-8-9(18)16-2-5(11(19)20)3-21-10(8)16/h2,4,8,10H,1,3H2,(H2,13,14)(H,15,17)(H,19,20)/t8?,10-/m1/s1. The number of hydrogen-bond acceptors (Lipinski definition) is 7. The van der Waals surface area contributed by atoms with Crippen LogP contribution in [0.3, 0.4) is 0 Å². The van der Waals surface area contributed by atoms with E-state index in [0.29, 0.717) is 16.6 Å². The highest BCUT2D eigenvalue weighted by Gasteiger charge is 2.49. The fourth-order valence-corrected chi connectivity index (χ4v) is 4.04. The second kappa shape index (κ2) is 5.61. The van der Waals surface area contributed by atoms with Crippen molar-refractivity contribution in [2.75, 3.05) is 11.5 Å². The molecule has 1 unspecified atom stereocenters. The van der Waals surface area contributed by atoms with Crippen LogP contribution in [0.4, 0.5) is 5.13 Å². The van der Waals surface area contributed by atoms with Crippen molar-refractivity contribution in [2.45, 2.75) is 17.8 Å². The average molecular weight is 340 g/mol. The Hall–Kier alpha value is -2.07. The third kappa shape index (κ3) is 2.66. The Morgan fingerprint density at radius 2 is 2.32 bits per heavy atom. The van der Waals surface area contributed by atoms with Gasteiger partial charge in [-0.25, -0.2) is 9.78 Å². The van der Waals surface area contributed by atoms with E-state index in [9.17, 15) is 14.4 Å². The lowest BCUT2D eigenvalue weighted by molar-refractivity contribution is -0.145. The molecule has 0 saturated carbocycles. The van der Waals surface area contributed by atoms with Gasteiger partial charge >= 0.3 is 5.97 Å². The fraction of sp³-hybridized carbons (Fsp3) is 0.333. The first-order valence-electron chi connectivity index (χ1n) is 6.32. The largest absolute Gasteiger partial charge is 0.478 e. The molecule has 0 aliphatic carbocycles. The van der Waals surface area contributed by atoms with Crippen LogP contribution in [0, 0.1) is 0 Å². The Bertz CT molecular complexity index is 686. The van der Waals surface area contributed by atoms with Crippen molar-refractivity contribution in [3.8, 4) is 0 Å². The topological polar surface area (TPSA) is 126 Å². The van der Waals surface area contributed by atoms with E-state index < -0.39 is 12.0 Å². The molecule has 1 aromatic heterocycles. The predicted molar refractivity (Wildman–Crippen MR) is 81.0 cm³/mol. The molecule has 2 aliphatic heterocycles. The number of hydrogen-bond donors (Lipinski definition) is 3. The second-order valence-corrected chi connectivity index (χ2v) is 6.80. The summed E-state index contributed by atoms with van der Waals surface area (Å²) in [6.45, 7) is 0. The Labute approximate surface area is 133 Å². The first kappa shape index (κ1) is 14.9. The molecule has 0 bridgehead atoms. The number of fused-ring (bicyclic) bond motifs is 1. The van der Waals surface area contributed by atoms with Gasteiger partial charge in [-0.3, -0.25) is 9.59 Å². The van der Waals surface area contributed by atoms with Crippen LogP contribution < -0.4 is 11.1 Å². The number of nitrogens with zero attached hydrogens (tertiary/aromatic N) is 2. The number of thiazole rings is 1. The lowest BCUT2D eigenvalue weighted by Crippen LogP contribution is -2.68. The van der Waals surface area contributed by atoms with Gasteiger partial charge in [0.15, 0.2) is 5.13 Å². The number of nitrogens with one attached hydrogen (secondary N) is 1. The second-order valence-electron chi connectivity index (χ2n) is 4.81. The number of aromatic nitrogens is 1. The van der Waals surface area contributed by atoms with E-state index in [4.69, 9.17) is 10.8 Å².